The summed E-state index contributed by atoms with van der Waals surface area (Å²) in [7, 11) is 0. The molecule has 3 nitrogen and oxygen atoms in total. The molecule has 0 aliphatic carbocycles. The molecule has 0 fully saturated rings. The fraction of sp³-hybridized carbons (Fsp3) is 0.273. The fourth-order valence-electron chi connectivity index (χ4n) is 1.63. The van der Waals surface area contributed by atoms with E-state index in [1.165, 1.54) is 3.57 Å². The molecule has 0 saturated heterocycles. The summed E-state index contributed by atoms with van der Waals surface area (Å²) in [5.74, 6) is -0.824. The first-order chi connectivity index (χ1) is 7.16. The highest BCUT2D eigenvalue weighted by atomic mass is 127. The largest absolute Gasteiger partial charge is 0.480 e. The Hall–Kier alpha value is -0.910. The van der Waals surface area contributed by atoms with Crippen LogP contribution in [-0.4, -0.2) is 22.8 Å². The van der Waals surface area contributed by atoms with Gasteiger partial charge in [0.15, 0.2) is 0 Å². The van der Waals surface area contributed by atoms with Gasteiger partial charge in [-0.2, -0.15) is 0 Å². The third kappa shape index (κ3) is 2.37. The van der Waals surface area contributed by atoms with Gasteiger partial charge in [-0.05, 0) is 53.1 Å². The number of nitrogens with zero attached hydrogens (tertiary/aromatic N) is 1. The number of aliphatic carboxylic acids is 1. The van der Waals surface area contributed by atoms with Crippen LogP contribution in [-0.2, 0) is 4.79 Å². The normalized spacial score (nSPS) is 20.1. The average Bonchev–Trinajstić information content (AvgIpc) is 2.68. The van der Waals surface area contributed by atoms with Crippen LogP contribution in [0.15, 0.2) is 29.3 Å². The minimum Gasteiger partial charge on any atom is -0.480 e. The average molecular weight is 315 g/mol. The Morgan fingerprint density at radius 2 is 2.07 bits per heavy atom. The lowest BCUT2D eigenvalue weighted by Gasteiger charge is -1.99. The molecule has 0 amide bonds. The van der Waals surface area contributed by atoms with Crippen LogP contribution in [0, 0.1) is 3.57 Å². The quantitative estimate of drug-likeness (QED) is 0.852. The van der Waals surface area contributed by atoms with E-state index in [-0.39, 0.29) is 0 Å². The smallest absolute Gasteiger partial charge is 0.328 e. The van der Waals surface area contributed by atoms with Crippen LogP contribution in [0.4, 0.5) is 0 Å². The third-order valence-electron chi connectivity index (χ3n) is 2.43. The topological polar surface area (TPSA) is 49.7 Å². The van der Waals surface area contributed by atoms with Crippen LogP contribution in [0.3, 0.4) is 0 Å². The summed E-state index contributed by atoms with van der Waals surface area (Å²) in [6.07, 6.45) is 1.38. The van der Waals surface area contributed by atoms with E-state index in [2.05, 4.69) is 27.6 Å². The van der Waals surface area contributed by atoms with E-state index < -0.39 is 12.0 Å². The standard InChI is InChI=1S/C11H10INO2/c12-8-3-1-7(2-4-8)9-5-6-10(13-9)11(14)15/h1-4,10H,5-6H2,(H,14,15). The third-order valence-corrected chi connectivity index (χ3v) is 3.15. The van der Waals surface area contributed by atoms with Gasteiger partial charge in [-0.25, -0.2) is 4.79 Å². The van der Waals surface area contributed by atoms with Crippen LogP contribution in [0.2, 0.25) is 0 Å². The van der Waals surface area contributed by atoms with Crippen molar-refractivity contribution < 1.29 is 9.90 Å². The van der Waals surface area contributed by atoms with Crippen LogP contribution < -0.4 is 0 Å². The summed E-state index contributed by atoms with van der Waals surface area (Å²) in [4.78, 5) is 14.9. The summed E-state index contributed by atoms with van der Waals surface area (Å²) >= 11 is 2.24. The first-order valence-electron chi connectivity index (χ1n) is 4.72. The lowest BCUT2D eigenvalue weighted by molar-refractivity contribution is -0.138. The highest BCUT2D eigenvalue weighted by molar-refractivity contribution is 14.1. The molecule has 2 rings (SSSR count). The molecule has 1 aromatic rings. The molecule has 0 spiro atoms. The lowest BCUT2D eigenvalue weighted by Crippen LogP contribution is -2.13. The highest BCUT2D eigenvalue weighted by Gasteiger charge is 2.23. The Bertz CT molecular complexity index is 411. The van der Waals surface area contributed by atoms with Crippen LogP contribution >= 0.6 is 22.6 Å². The van der Waals surface area contributed by atoms with E-state index in [1.54, 1.807) is 0 Å². The molecule has 0 bridgehead atoms. The Labute approximate surface area is 101 Å². The van der Waals surface area contributed by atoms with Gasteiger partial charge in [0, 0.05) is 9.28 Å². The molecule has 1 N–H and O–H groups in total. The van der Waals surface area contributed by atoms with Crippen molar-refractivity contribution >= 4 is 34.3 Å². The Kier molecular flexibility index (Phi) is 3.04. The summed E-state index contributed by atoms with van der Waals surface area (Å²) < 4.78 is 1.17. The van der Waals surface area contributed by atoms with Crippen LogP contribution in [0.5, 0.6) is 0 Å². The number of carbonyl (C=O) groups is 1. The number of carboxylic acid groups (broad SMARTS) is 1. The van der Waals surface area contributed by atoms with Crippen molar-refractivity contribution in [2.24, 2.45) is 4.99 Å². The molecule has 1 heterocycles. The predicted octanol–water partition coefficient (Wildman–Crippen LogP) is 2.33. The highest BCUT2D eigenvalue weighted by Crippen LogP contribution is 2.19. The van der Waals surface area contributed by atoms with Gasteiger partial charge in [0.25, 0.3) is 0 Å². The maximum Gasteiger partial charge on any atom is 0.328 e. The van der Waals surface area contributed by atoms with Gasteiger partial charge in [0.2, 0.25) is 0 Å². The molecule has 1 aliphatic rings. The van der Waals surface area contributed by atoms with Crippen molar-refractivity contribution in [3.63, 3.8) is 0 Å². The number of hydrogen-bond donors (Lipinski definition) is 1. The van der Waals surface area contributed by atoms with Crippen LogP contribution in [0.1, 0.15) is 18.4 Å². The zero-order valence-electron chi connectivity index (χ0n) is 7.98. The second-order valence-electron chi connectivity index (χ2n) is 3.48. The molecule has 0 aromatic heterocycles. The number of rotatable bonds is 2. The minimum atomic E-state index is -0.824. The van der Waals surface area contributed by atoms with Gasteiger partial charge in [0.1, 0.15) is 6.04 Å². The second-order valence-corrected chi connectivity index (χ2v) is 4.72. The number of carboxylic acids is 1. The Balaban J connectivity index is 2.22. The van der Waals surface area contributed by atoms with Crippen LogP contribution in [0.25, 0.3) is 0 Å². The van der Waals surface area contributed by atoms with Gasteiger partial charge in [-0.15, -0.1) is 0 Å². The van der Waals surface area contributed by atoms with Crippen molar-refractivity contribution in [1.82, 2.24) is 0 Å². The summed E-state index contributed by atoms with van der Waals surface area (Å²) in [6.45, 7) is 0. The SMILES string of the molecule is O=C(O)C1CCC(c2ccc(I)cc2)=N1. The molecule has 4 heteroatoms. The molecule has 1 atom stereocenters. The molecule has 15 heavy (non-hydrogen) atoms. The maximum absolute atomic E-state index is 10.7. The number of benzene rings is 1. The zero-order chi connectivity index (χ0) is 10.8. The fourth-order valence-corrected chi connectivity index (χ4v) is 1.99. The van der Waals surface area contributed by atoms with E-state index in [4.69, 9.17) is 5.11 Å². The molecular formula is C11H10INO2. The minimum absolute atomic E-state index is 0.542. The van der Waals surface area contributed by atoms with Crippen molar-refractivity contribution in [1.29, 1.82) is 0 Å². The van der Waals surface area contributed by atoms with Gasteiger partial charge in [-0.1, -0.05) is 12.1 Å². The summed E-state index contributed by atoms with van der Waals surface area (Å²) in [5, 5.41) is 8.81. The van der Waals surface area contributed by atoms with Crippen molar-refractivity contribution in [3.8, 4) is 0 Å². The molecule has 0 radical (unpaired) electrons. The first-order valence-corrected chi connectivity index (χ1v) is 5.80. The molecule has 1 aliphatic heterocycles. The molecular weight excluding hydrogens is 305 g/mol. The Morgan fingerprint density at radius 3 is 2.60 bits per heavy atom. The van der Waals surface area contributed by atoms with Gasteiger partial charge < -0.3 is 5.11 Å². The molecule has 1 unspecified atom stereocenters. The summed E-state index contributed by atoms with van der Waals surface area (Å²) in [5.41, 5.74) is 1.96. The first kappa shape index (κ1) is 10.6. The predicted molar refractivity (Wildman–Crippen MR) is 66.4 cm³/mol. The molecule has 1 aromatic carbocycles. The van der Waals surface area contributed by atoms with Gasteiger partial charge >= 0.3 is 5.97 Å². The van der Waals surface area contributed by atoms with E-state index >= 15 is 0 Å². The van der Waals surface area contributed by atoms with E-state index in [0.29, 0.717) is 6.42 Å². The van der Waals surface area contributed by atoms with Crippen molar-refractivity contribution in [3.05, 3.63) is 33.4 Å². The van der Waals surface area contributed by atoms with E-state index in [0.717, 1.165) is 17.7 Å². The zero-order valence-corrected chi connectivity index (χ0v) is 10.1. The monoisotopic (exact) mass is 315 g/mol. The number of hydrogen-bond acceptors (Lipinski definition) is 2. The van der Waals surface area contributed by atoms with E-state index in [1.807, 2.05) is 24.3 Å². The number of halogens is 1. The lowest BCUT2D eigenvalue weighted by atomic mass is 10.1. The van der Waals surface area contributed by atoms with E-state index in [9.17, 15) is 4.79 Å². The van der Waals surface area contributed by atoms with Gasteiger partial charge in [-0.3, -0.25) is 4.99 Å². The van der Waals surface area contributed by atoms with Gasteiger partial charge in [0.05, 0.1) is 0 Å². The summed E-state index contributed by atoms with van der Waals surface area (Å²) in [6, 6.07) is 7.45. The molecule has 0 saturated carbocycles. The van der Waals surface area contributed by atoms with Crippen molar-refractivity contribution in [2.75, 3.05) is 0 Å². The van der Waals surface area contributed by atoms with Crippen molar-refractivity contribution in [2.45, 2.75) is 18.9 Å². The Morgan fingerprint density at radius 1 is 1.40 bits per heavy atom. The second kappa shape index (κ2) is 4.30. The molecule has 78 valence electrons. The maximum atomic E-state index is 10.7. The number of aliphatic imine (C=N–C) groups is 1.